The predicted octanol–water partition coefficient (Wildman–Crippen LogP) is 3.02. The summed E-state index contributed by atoms with van der Waals surface area (Å²) in [5.74, 6) is -0.0795. The molecule has 0 spiro atoms. The molecule has 2 aromatic carbocycles. The normalized spacial score (nSPS) is 16.2. The minimum atomic E-state index is -0.550. The number of aromatic hydroxyl groups is 1. The number of nitro groups is 1. The van der Waals surface area contributed by atoms with Crippen LogP contribution in [0.15, 0.2) is 48.7 Å². The fourth-order valence-electron chi connectivity index (χ4n) is 2.42. The summed E-state index contributed by atoms with van der Waals surface area (Å²) in [5.41, 5.74) is 1.90. The Balaban J connectivity index is 2.01. The van der Waals surface area contributed by atoms with E-state index in [9.17, 15) is 20.0 Å². The van der Waals surface area contributed by atoms with Gasteiger partial charge in [-0.3, -0.25) is 10.1 Å². The van der Waals surface area contributed by atoms with Crippen LogP contribution in [0.4, 0.5) is 5.69 Å². The van der Waals surface area contributed by atoms with Crippen LogP contribution in [0.5, 0.6) is 11.5 Å². The monoisotopic (exact) mass is 297 g/mol. The standard InChI is InChI=1S/C16H11NO5/c18-8-14-13-6-5-12(19)7-16(13)22-9-15(14)10-1-3-11(4-2-10)17(20)21/h1-9,14,19H. The number of fused-ring (bicyclic) bond motifs is 1. The fraction of sp³-hybridized carbons (Fsp3) is 0.0625. The Morgan fingerprint density at radius 1 is 1.18 bits per heavy atom. The number of ether oxygens (including phenoxy) is 1. The molecule has 1 aliphatic heterocycles. The van der Waals surface area contributed by atoms with Crippen molar-refractivity contribution in [2.45, 2.75) is 5.92 Å². The van der Waals surface area contributed by atoms with Crippen molar-refractivity contribution in [1.29, 1.82) is 0 Å². The number of hydrogen-bond donors (Lipinski definition) is 1. The van der Waals surface area contributed by atoms with E-state index >= 15 is 0 Å². The molecule has 2 aromatic rings. The molecule has 1 unspecified atom stereocenters. The van der Waals surface area contributed by atoms with E-state index in [1.165, 1.54) is 30.5 Å². The number of hydrogen-bond acceptors (Lipinski definition) is 5. The molecule has 0 fully saturated rings. The van der Waals surface area contributed by atoms with Crippen LogP contribution in [0.25, 0.3) is 5.57 Å². The highest BCUT2D eigenvalue weighted by Crippen LogP contribution is 2.41. The number of aldehydes is 1. The maximum atomic E-state index is 11.5. The van der Waals surface area contributed by atoms with Gasteiger partial charge in [0.05, 0.1) is 17.1 Å². The van der Waals surface area contributed by atoms with Crippen LogP contribution in [0, 0.1) is 10.1 Å². The third kappa shape index (κ3) is 2.31. The van der Waals surface area contributed by atoms with E-state index < -0.39 is 10.8 Å². The summed E-state index contributed by atoms with van der Waals surface area (Å²) in [7, 11) is 0. The number of non-ortho nitro benzene ring substituents is 1. The zero-order valence-electron chi connectivity index (χ0n) is 11.3. The molecule has 0 amide bonds. The topological polar surface area (TPSA) is 89.7 Å². The molecule has 0 aromatic heterocycles. The number of phenolic OH excluding ortho intramolecular Hbond substituents is 1. The van der Waals surface area contributed by atoms with Crippen LogP contribution in [0.2, 0.25) is 0 Å². The lowest BCUT2D eigenvalue weighted by Gasteiger charge is -2.23. The average Bonchev–Trinajstić information content (AvgIpc) is 2.53. The maximum Gasteiger partial charge on any atom is 0.269 e. The molecule has 0 radical (unpaired) electrons. The molecule has 110 valence electrons. The van der Waals surface area contributed by atoms with Crippen LogP contribution < -0.4 is 4.74 Å². The van der Waals surface area contributed by atoms with Gasteiger partial charge in [0.15, 0.2) is 0 Å². The second-order valence-corrected chi connectivity index (χ2v) is 4.83. The van der Waals surface area contributed by atoms with Crippen LogP contribution in [0.3, 0.4) is 0 Å². The number of phenols is 1. The summed E-state index contributed by atoms with van der Waals surface area (Å²) in [6.45, 7) is 0. The zero-order valence-corrected chi connectivity index (χ0v) is 11.3. The van der Waals surface area contributed by atoms with E-state index in [4.69, 9.17) is 4.74 Å². The number of carbonyl (C=O) groups excluding carboxylic acids is 1. The molecule has 0 bridgehead atoms. The largest absolute Gasteiger partial charge is 0.508 e. The Hall–Kier alpha value is -3.15. The molecule has 3 rings (SSSR count). The second kappa shape index (κ2) is 5.33. The van der Waals surface area contributed by atoms with E-state index in [1.54, 1.807) is 18.2 Å². The smallest absolute Gasteiger partial charge is 0.269 e. The summed E-state index contributed by atoms with van der Waals surface area (Å²) >= 11 is 0. The molecular weight excluding hydrogens is 286 g/mol. The number of benzene rings is 2. The summed E-state index contributed by atoms with van der Waals surface area (Å²) in [6, 6.07) is 10.5. The van der Waals surface area contributed by atoms with Gasteiger partial charge in [-0.2, -0.15) is 0 Å². The third-order valence-electron chi connectivity index (χ3n) is 3.53. The van der Waals surface area contributed by atoms with Crippen molar-refractivity contribution in [2.24, 2.45) is 0 Å². The van der Waals surface area contributed by atoms with E-state index in [2.05, 4.69) is 0 Å². The molecule has 0 aliphatic carbocycles. The van der Waals surface area contributed by atoms with E-state index in [1.807, 2.05) is 0 Å². The Morgan fingerprint density at radius 2 is 1.91 bits per heavy atom. The van der Waals surface area contributed by atoms with Crippen molar-refractivity contribution in [3.8, 4) is 11.5 Å². The van der Waals surface area contributed by atoms with E-state index in [0.717, 1.165) is 6.29 Å². The molecule has 6 heteroatoms. The molecule has 1 heterocycles. The summed E-state index contributed by atoms with van der Waals surface area (Å²) in [5, 5.41) is 20.2. The molecule has 6 nitrogen and oxygen atoms in total. The SMILES string of the molecule is O=CC1C(c2ccc([N+](=O)[O-])cc2)=COc2cc(O)ccc21. The molecule has 1 N–H and O–H groups in total. The third-order valence-corrected chi connectivity index (χ3v) is 3.53. The van der Waals surface area contributed by atoms with Gasteiger partial charge >= 0.3 is 0 Å². The number of carbonyl (C=O) groups is 1. The predicted molar refractivity (Wildman–Crippen MR) is 78.6 cm³/mol. The highest BCUT2D eigenvalue weighted by Gasteiger charge is 2.26. The molecule has 1 aliphatic rings. The molecule has 22 heavy (non-hydrogen) atoms. The van der Waals surface area contributed by atoms with Gasteiger partial charge in [-0.05, 0) is 23.8 Å². The van der Waals surface area contributed by atoms with Crippen molar-refractivity contribution in [1.82, 2.24) is 0 Å². The highest BCUT2D eigenvalue weighted by atomic mass is 16.6. The van der Waals surface area contributed by atoms with Gasteiger partial charge < -0.3 is 14.6 Å². The first kappa shape index (κ1) is 13.8. The van der Waals surface area contributed by atoms with E-state index in [-0.39, 0.29) is 11.4 Å². The first-order chi connectivity index (χ1) is 10.6. The average molecular weight is 297 g/mol. The van der Waals surface area contributed by atoms with Crippen molar-refractivity contribution in [2.75, 3.05) is 0 Å². The first-order valence-electron chi connectivity index (χ1n) is 6.50. The Kier molecular flexibility index (Phi) is 3.34. The highest BCUT2D eigenvalue weighted by molar-refractivity contribution is 5.88. The minimum Gasteiger partial charge on any atom is -0.508 e. The number of allylic oxidation sites excluding steroid dienone is 1. The van der Waals surface area contributed by atoms with Crippen LogP contribution >= 0.6 is 0 Å². The van der Waals surface area contributed by atoms with Crippen LogP contribution in [-0.2, 0) is 4.79 Å². The second-order valence-electron chi connectivity index (χ2n) is 4.83. The zero-order chi connectivity index (χ0) is 15.7. The van der Waals surface area contributed by atoms with Crippen molar-refractivity contribution < 1.29 is 19.6 Å². The summed E-state index contributed by atoms with van der Waals surface area (Å²) in [4.78, 5) is 21.7. The lowest BCUT2D eigenvalue weighted by atomic mass is 9.86. The van der Waals surface area contributed by atoms with Gasteiger partial charge in [0.25, 0.3) is 5.69 Å². The van der Waals surface area contributed by atoms with Gasteiger partial charge in [-0.15, -0.1) is 0 Å². The molecule has 1 atom stereocenters. The van der Waals surface area contributed by atoms with Gasteiger partial charge in [0.2, 0.25) is 0 Å². The van der Waals surface area contributed by atoms with Crippen molar-refractivity contribution in [3.05, 3.63) is 70.0 Å². The molecule has 0 saturated heterocycles. The summed E-state index contributed by atoms with van der Waals surface area (Å²) in [6.07, 6.45) is 2.22. The van der Waals surface area contributed by atoms with Crippen LogP contribution in [0.1, 0.15) is 17.0 Å². The number of nitro benzene ring substituents is 1. The number of rotatable bonds is 3. The fourth-order valence-corrected chi connectivity index (χ4v) is 2.42. The van der Waals surface area contributed by atoms with Gasteiger partial charge in [-0.1, -0.05) is 6.07 Å². The van der Waals surface area contributed by atoms with Crippen molar-refractivity contribution >= 4 is 17.5 Å². The lowest BCUT2D eigenvalue weighted by molar-refractivity contribution is -0.384. The van der Waals surface area contributed by atoms with Gasteiger partial charge in [-0.25, -0.2) is 0 Å². The molecule has 0 saturated carbocycles. The summed E-state index contributed by atoms with van der Waals surface area (Å²) < 4.78 is 5.47. The van der Waals surface area contributed by atoms with Crippen molar-refractivity contribution in [3.63, 3.8) is 0 Å². The Bertz CT molecular complexity index is 780. The minimum absolute atomic E-state index is 0.0194. The number of nitrogens with zero attached hydrogens (tertiary/aromatic N) is 1. The van der Waals surface area contributed by atoms with Gasteiger partial charge in [0, 0.05) is 29.3 Å². The Labute approximate surface area is 125 Å². The first-order valence-corrected chi connectivity index (χ1v) is 6.50. The van der Waals surface area contributed by atoms with Crippen LogP contribution in [-0.4, -0.2) is 16.3 Å². The van der Waals surface area contributed by atoms with Gasteiger partial charge in [0.1, 0.15) is 17.8 Å². The lowest BCUT2D eigenvalue weighted by Crippen LogP contribution is -2.11. The maximum absolute atomic E-state index is 11.5. The Morgan fingerprint density at radius 3 is 2.55 bits per heavy atom. The molecular formula is C16H11NO5. The van der Waals surface area contributed by atoms with E-state index in [0.29, 0.717) is 22.4 Å². The quantitative estimate of drug-likeness (QED) is 0.534.